The number of H-pyrrole nitrogens is 1. The van der Waals surface area contributed by atoms with E-state index in [1.54, 1.807) is 13.8 Å². The van der Waals surface area contributed by atoms with Crippen LogP contribution < -0.4 is 10.9 Å². The molecular weight excluding hydrogens is 362 g/mol. The van der Waals surface area contributed by atoms with Crippen molar-refractivity contribution in [3.05, 3.63) is 62.5 Å². The monoisotopic (exact) mass is 385 g/mol. The average Bonchev–Trinajstić information content (AvgIpc) is 2.99. The number of hydrogen-bond acceptors (Lipinski definition) is 6. The van der Waals surface area contributed by atoms with Crippen molar-refractivity contribution < 1.29 is 9.53 Å². The summed E-state index contributed by atoms with van der Waals surface area (Å²) in [5.74, 6) is 0.134. The molecule has 142 valence electrons. The van der Waals surface area contributed by atoms with Gasteiger partial charge >= 0.3 is 5.97 Å². The summed E-state index contributed by atoms with van der Waals surface area (Å²) < 4.78 is 5.08. The molecule has 3 aromatic rings. The molecule has 0 radical (unpaired) electrons. The van der Waals surface area contributed by atoms with E-state index in [1.807, 2.05) is 25.1 Å². The first-order valence-electron chi connectivity index (χ1n) is 8.93. The molecule has 0 amide bonds. The largest absolute Gasteiger partial charge is 0.462 e. The van der Waals surface area contributed by atoms with E-state index in [9.17, 15) is 9.59 Å². The molecule has 0 bridgehead atoms. The van der Waals surface area contributed by atoms with E-state index in [0.29, 0.717) is 33.1 Å². The lowest BCUT2D eigenvalue weighted by Crippen LogP contribution is -2.26. The van der Waals surface area contributed by atoms with Crippen molar-refractivity contribution in [3.63, 3.8) is 0 Å². The van der Waals surface area contributed by atoms with Crippen LogP contribution in [-0.4, -0.2) is 22.5 Å². The number of benzene rings is 1. The molecule has 2 atom stereocenters. The zero-order valence-corrected chi connectivity index (χ0v) is 16.6. The number of fused-ring (bicyclic) bond motifs is 1. The summed E-state index contributed by atoms with van der Waals surface area (Å²) >= 11 is 1.20. The number of thiophene rings is 1. The fourth-order valence-electron chi connectivity index (χ4n) is 3.05. The molecule has 0 fully saturated rings. The van der Waals surface area contributed by atoms with Gasteiger partial charge in [-0.15, -0.1) is 11.3 Å². The highest BCUT2D eigenvalue weighted by Crippen LogP contribution is 2.28. The first kappa shape index (κ1) is 19.3. The third-order valence-electron chi connectivity index (χ3n) is 4.49. The van der Waals surface area contributed by atoms with Gasteiger partial charge in [0.15, 0.2) is 0 Å². The quantitative estimate of drug-likeness (QED) is 0.629. The predicted molar refractivity (Wildman–Crippen MR) is 107 cm³/mol. The lowest BCUT2D eigenvalue weighted by Gasteiger charge is -2.19. The minimum absolute atomic E-state index is 0.0994. The Labute approximate surface area is 161 Å². The maximum Gasteiger partial charge on any atom is 0.348 e. The molecule has 0 saturated carbocycles. The van der Waals surface area contributed by atoms with Crippen molar-refractivity contribution in [2.75, 3.05) is 6.61 Å². The van der Waals surface area contributed by atoms with E-state index in [-0.39, 0.29) is 17.6 Å². The summed E-state index contributed by atoms with van der Waals surface area (Å²) in [5, 5.41) is 3.90. The number of esters is 1. The third kappa shape index (κ3) is 3.94. The van der Waals surface area contributed by atoms with Gasteiger partial charge in [-0.2, -0.15) is 0 Å². The molecule has 2 aromatic heterocycles. The van der Waals surface area contributed by atoms with Crippen LogP contribution in [0.3, 0.4) is 0 Å². The second kappa shape index (κ2) is 8.02. The molecule has 0 saturated heterocycles. The summed E-state index contributed by atoms with van der Waals surface area (Å²) in [4.78, 5) is 33.1. The van der Waals surface area contributed by atoms with Crippen molar-refractivity contribution in [2.45, 2.75) is 39.8 Å². The zero-order valence-electron chi connectivity index (χ0n) is 15.8. The molecule has 0 spiro atoms. The van der Waals surface area contributed by atoms with Gasteiger partial charge in [0.1, 0.15) is 15.5 Å². The van der Waals surface area contributed by atoms with Crippen LogP contribution in [-0.2, 0) is 4.74 Å². The number of hydrogen-bond donors (Lipinski definition) is 2. The molecule has 0 aliphatic carbocycles. The van der Waals surface area contributed by atoms with Gasteiger partial charge in [-0.25, -0.2) is 9.78 Å². The van der Waals surface area contributed by atoms with Crippen LogP contribution in [0.15, 0.2) is 35.1 Å². The molecule has 27 heavy (non-hydrogen) atoms. The molecule has 0 unspecified atom stereocenters. The maximum absolute atomic E-state index is 12.6. The van der Waals surface area contributed by atoms with E-state index in [4.69, 9.17) is 4.74 Å². The number of aryl methyl sites for hydroxylation is 1. The maximum atomic E-state index is 12.6. The van der Waals surface area contributed by atoms with Crippen LogP contribution >= 0.6 is 11.3 Å². The Morgan fingerprint density at radius 1 is 1.26 bits per heavy atom. The molecule has 7 heteroatoms. The van der Waals surface area contributed by atoms with Gasteiger partial charge in [0.05, 0.1) is 18.0 Å². The van der Waals surface area contributed by atoms with Gasteiger partial charge in [0, 0.05) is 6.04 Å². The number of aromatic amines is 1. The van der Waals surface area contributed by atoms with E-state index in [0.717, 1.165) is 5.56 Å². The van der Waals surface area contributed by atoms with Crippen LogP contribution in [0, 0.1) is 6.92 Å². The molecule has 0 aliphatic heterocycles. The third-order valence-corrected chi connectivity index (χ3v) is 5.66. The Morgan fingerprint density at radius 2 is 1.96 bits per heavy atom. The molecule has 0 aliphatic rings. The average molecular weight is 385 g/mol. The lowest BCUT2D eigenvalue weighted by molar-refractivity contribution is 0.0531. The number of nitrogens with zero attached hydrogens (tertiary/aromatic N) is 1. The molecule has 2 N–H and O–H groups in total. The minimum Gasteiger partial charge on any atom is -0.462 e. The summed E-state index contributed by atoms with van der Waals surface area (Å²) in [6.45, 7) is 7.82. The summed E-state index contributed by atoms with van der Waals surface area (Å²) in [7, 11) is 0. The van der Waals surface area contributed by atoms with Gasteiger partial charge < -0.3 is 15.0 Å². The highest BCUT2D eigenvalue weighted by atomic mass is 32.1. The number of rotatable bonds is 6. The lowest BCUT2D eigenvalue weighted by atomic mass is 10.1. The van der Waals surface area contributed by atoms with Gasteiger partial charge in [-0.3, -0.25) is 4.79 Å². The van der Waals surface area contributed by atoms with Gasteiger partial charge in [0.25, 0.3) is 5.56 Å². The number of carbonyl (C=O) groups excluding carboxylic acids is 1. The fraction of sp³-hybridized carbons (Fsp3) is 0.350. The van der Waals surface area contributed by atoms with E-state index in [2.05, 4.69) is 34.3 Å². The normalized spacial score (nSPS) is 13.5. The predicted octanol–water partition coefficient (Wildman–Crippen LogP) is 3.88. The van der Waals surface area contributed by atoms with Gasteiger partial charge in [-0.05, 0) is 38.8 Å². The SMILES string of the molecule is CCOC(=O)c1sc2nc([C@@H](C)N[C@H](C)c3ccccc3)[nH]c(=O)c2c1C. The summed E-state index contributed by atoms with van der Waals surface area (Å²) in [5.41, 5.74) is 1.54. The highest BCUT2D eigenvalue weighted by Gasteiger charge is 2.21. The smallest absolute Gasteiger partial charge is 0.348 e. The highest BCUT2D eigenvalue weighted by molar-refractivity contribution is 7.20. The minimum atomic E-state index is -0.414. The Hall–Kier alpha value is -2.51. The Morgan fingerprint density at radius 3 is 2.63 bits per heavy atom. The van der Waals surface area contributed by atoms with Crippen LogP contribution in [0.25, 0.3) is 10.2 Å². The summed E-state index contributed by atoms with van der Waals surface area (Å²) in [6.07, 6.45) is 0. The van der Waals surface area contributed by atoms with Crippen molar-refractivity contribution in [1.82, 2.24) is 15.3 Å². The number of carbonyl (C=O) groups is 1. The van der Waals surface area contributed by atoms with Crippen molar-refractivity contribution in [2.24, 2.45) is 0 Å². The Balaban J connectivity index is 1.91. The van der Waals surface area contributed by atoms with Crippen molar-refractivity contribution >= 4 is 27.5 Å². The topological polar surface area (TPSA) is 84.1 Å². The fourth-order valence-corrected chi connectivity index (χ4v) is 4.13. The van der Waals surface area contributed by atoms with Crippen molar-refractivity contribution in [1.29, 1.82) is 0 Å². The standard InChI is InChI=1S/C20H23N3O3S/c1-5-26-20(25)16-11(2)15-18(24)22-17(23-19(15)27-16)13(4)21-12(3)14-9-7-6-8-10-14/h6-10,12-13,21H,5H2,1-4H3,(H,22,23,24)/t12-,13-/m1/s1. The van der Waals surface area contributed by atoms with Gasteiger partial charge in [-0.1, -0.05) is 30.3 Å². The van der Waals surface area contributed by atoms with E-state index < -0.39 is 5.97 Å². The van der Waals surface area contributed by atoms with Crippen LogP contribution in [0.4, 0.5) is 0 Å². The second-order valence-corrected chi connectivity index (χ2v) is 7.43. The van der Waals surface area contributed by atoms with E-state index >= 15 is 0 Å². The molecule has 6 nitrogen and oxygen atoms in total. The molecule has 3 rings (SSSR count). The first-order valence-corrected chi connectivity index (χ1v) is 9.75. The zero-order chi connectivity index (χ0) is 19.6. The molecule has 1 aromatic carbocycles. The van der Waals surface area contributed by atoms with Crippen molar-refractivity contribution in [3.8, 4) is 0 Å². The number of nitrogens with one attached hydrogen (secondary N) is 2. The van der Waals surface area contributed by atoms with E-state index in [1.165, 1.54) is 11.3 Å². The van der Waals surface area contributed by atoms with Crippen LogP contribution in [0.5, 0.6) is 0 Å². The van der Waals surface area contributed by atoms with Crippen LogP contribution in [0.2, 0.25) is 0 Å². The number of ether oxygens (including phenoxy) is 1. The molecule has 2 heterocycles. The Kier molecular flexibility index (Phi) is 5.72. The van der Waals surface area contributed by atoms with Crippen LogP contribution in [0.1, 0.15) is 59.5 Å². The summed E-state index contributed by atoms with van der Waals surface area (Å²) in [6, 6.07) is 10.0. The molecular formula is C20H23N3O3S. The number of aromatic nitrogens is 2. The second-order valence-electron chi connectivity index (χ2n) is 6.43. The first-order chi connectivity index (χ1) is 12.9. The Bertz CT molecular complexity index is 1010. The van der Waals surface area contributed by atoms with Gasteiger partial charge in [0.2, 0.25) is 0 Å².